The molecule has 1 aromatic rings. The summed E-state index contributed by atoms with van der Waals surface area (Å²) in [6.45, 7) is 0. The van der Waals surface area contributed by atoms with Crippen molar-refractivity contribution >= 4 is 5.97 Å². The second-order valence-electron chi connectivity index (χ2n) is 2.95. The third-order valence-corrected chi connectivity index (χ3v) is 2.07. The highest BCUT2D eigenvalue weighted by atomic mass is 16.5. The number of benzene rings is 1. The van der Waals surface area contributed by atoms with Crippen LogP contribution in [0.5, 0.6) is 5.75 Å². The molecule has 0 fully saturated rings. The zero-order valence-corrected chi connectivity index (χ0v) is 8.36. The molecule has 0 heterocycles. The van der Waals surface area contributed by atoms with Crippen LogP contribution in [-0.4, -0.2) is 18.2 Å². The molecule has 1 aromatic carbocycles. The van der Waals surface area contributed by atoms with Gasteiger partial charge >= 0.3 is 5.97 Å². The maximum absolute atomic E-state index is 10.9. The highest BCUT2D eigenvalue weighted by Gasteiger charge is 2.13. The van der Waals surface area contributed by atoms with Crippen LogP contribution in [0.3, 0.4) is 0 Å². The first kappa shape index (κ1) is 11.1. The van der Waals surface area contributed by atoms with Gasteiger partial charge in [0, 0.05) is 12.0 Å². The maximum Gasteiger partial charge on any atom is 0.336 e. The van der Waals surface area contributed by atoms with E-state index in [-0.39, 0.29) is 12.0 Å². The molecule has 0 aromatic heterocycles. The van der Waals surface area contributed by atoms with Crippen molar-refractivity contribution in [3.63, 3.8) is 0 Å². The Bertz CT molecular complexity index is 407. The molecule has 1 rings (SSSR count). The number of hydrogen-bond acceptors (Lipinski definition) is 3. The smallest absolute Gasteiger partial charge is 0.336 e. The molecule has 0 aliphatic carbocycles. The first-order chi connectivity index (χ1) is 7.20. The van der Waals surface area contributed by atoms with Crippen LogP contribution in [0.4, 0.5) is 0 Å². The van der Waals surface area contributed by atoms with Gasteiger partial charge in [-0.3, -0.25) is 0 Å². The highest BCUT2D eigenvalue weighted by Crippen LogP contribution is 2.23. The number of carboxylic acid groups (broad SMARTS) is 1. The van der Waals surface area contributed by atoms with Crippen molar-refractivity contribution in [2.45, 2.75) is 12.8 Å². The van der Waals surface area contributed by atoms with Crippen LogP contribution in [0.2, 0.25) is 0 Å². The van der Waals surface area contributed by atoms with E-state index in [0.717, 1.165) is 0 Å². The fraction of sp³-hybridized carbons (Fsp3) is 0.273. The second kappa shape index (κ2) is 5.01. The van der Waals surface area contributed by atoms with E-state index >= 15 is 0 Å². The molecule has 0 aliphatic rings. The van der Waals surface area contributed by atoms with Crippen molar-refractivity contribution in [3.8, 4) is 11.8 Å². The topological polar surface area (TPSA) is 70.3 Å². The van der Waals surface area contributed by atoms with E-state index in [2.05, 4.69) is 0 Å². The molecule has 0 saturated carbocycles. The summed E-state index contributed by atoms with van der Waals surface area (Å²) in [6, 6.07) is 6.81. The molecule has 0 aliphatic heterocycles. The van der Waals surface area contributed by atoms with Gasteiger partial charge in [-0.2, -0.15) is 5.26 Å². The van der Waals surface area contributed by atoms with Gasteiger partial charge in [0.1, 0.15) is 5.75 Å². The number of carbonyl (C=O) groups is 1. The first-order valence-electron chi connectivity index (χ1n) is 4.46. The Balaban J connectivity index is 3.15. The van der Waals surface area contributed by atoms with Crippen molar-refractivity contribution in [2.24, 2.45) is 0 Å². The lowest BCUT2D eigenvalue weighted by Gasteiger charge is -2.09. The van der Waals surface area contributed by atoms with E-state index in [4.69, 9.17) is 15.1 Å². The number of aromatic carboxylic acids is 1. The molecule has 4 nitrogen and oxygen atoms in total. The monoisotopic (exact) mass is 205 g/mol. The maximum atomic E-state index is 10.9. The van der Waals surface area contributed by atoms with Crippen LogP contribution in [0, 0.1) is 11.3 Å². The fourth-order valence-electron chi connectivity index (χ4n) is 1.40. The molecule has 0 radical (unpaired) electrons. The molecule has 78 valence electrons. The average molecular weight is 205 g/mol. The molecule has 0 bridgehead atoms. The van der Waals surface area contributed by atoms with Crippen LogP contribution in [0.1, 0.15) is 22.3 Å². The van der Waals surface area contributed by atoms with E-state index in [1.807, 2.05) is 6.07 Å². The number of rotatable bonds is 4. The zero-order chi connectivity index (χ0) is 11.3. The molecular weight excluding hydrogens is 194 g/mol. The number of ether oxygens (including phenoxy) is 1. The van der Waals surface area contributed by atoms with Crippen molar-refractivity contribution in [2.75, 3.05) is 7.11 Å². The summed E-state index contributed by atoms with van der Waals surface area (Å²) in [5, 5.41) is 17.4. The Morgan fingerprint density at radius 2 is 2.33 bits per heavy atom. The SMILES string of the molecule is COc1cccc(C(=O)O)c1CCC#N. The Morgan fingerprint density at radius 1 is 1.60 bits per heavy atom. The zero-order valence-electron chi connectivity index (χ0n) is 8.36. The Kier molecular flexibility index (Phi) is 3.69. The van der Waals surface area contributed by atoms with Gasteiger partial charge in [0.05, 0.1) is 18.7 Å². The van der Waals surface area contributed by atoms with Gasteiger partial charge < -0.3 is 9.84 Å². The van der Waals surface area contributed by atoms with Crippen molar-refractivity contribution in [1.29, 1.82) is 5.26 Å². The average Bonchev–Trinajstić information content (AvgIpc) is 2.25. The minimum Gasteiger partial charge on any atom is -0.496 e. The minimum atomic E-state index is -0.998. The summed E-state index contributed by atoms with van der Waals surface area (Å²) in [4.78, 5) is 10.9. The second-order valence-corrected chi connectivity index (χ2v) is 2.95. The standard InChI is InChI=1S/C11H11NO3/c1-15-10-6-2-4-9(11(13)14)8(10)5-3-7-12/h2,4,6H,3,5H2,1H3,(H,13,14). The summed E-state index contributed by atoms with van der Waals surface area (Å²) in [5.74, 6) is -0.480. The van der Waals surface area contributed by atoms with Gasteiger partial charge in [-0.05, 0) is 18.6 Å². The lowest BCUT2D eigenvalue weighted by molar-refractivity contribution is 0.0695. The predicted octanol–water partition coefficient (Wildman–Crippen LogP) is 1.85. The molecule has 15 heavy (non-hydrogen) atoms. The van der Waals surface area contributed by atoms with E-state index in [1.54, 1.807) is 12.1 Å². The van der Waals surface area contributed by atoms with Crippen LogP contribution in [0.15, 0.2) is 18.2 Å². The molecule has 0 saturated heterocycles. The molecule has 1 N–H and O–H groups in total. The first-order valence-corrected chi connectivity index (χ1v) is 4.46. The lowest BCUT2D eigenvalue weighted by atomic mass is 10.0. The number of methoxy groups -OCH3 is 1. The minimum absolute atomic E-state index is 0.199. The summed E-state index contributed by atoms with van der Waals surface area (Å²) in [6.07, 6.45) is 0.669. The summed E-state index contributed by atoms with van der Waals surface area (Å²) >= 11 is 0. The van der Waals surface area contributed by atoms with Crippen LogP contribution >= 0.6 is 0 Å². The molecular formula is C11H11NO3. The molecule has 0 amide bonds. The Hall–Kier alpha value is -2.02. The fourth-order valence-corrected chi connectivity index (χ4v) is 1.40. The van der Waals surface area contributed by atoms with Gasteiger partial charge in [0.15, 0.2) is 0 Å². The quantitative estimate of drug-likeness (QED) is 0.814. The van der Waals surface area contributed by atoms with E-state index in [0.29, 0.717) is 17.7 Å². The van der Waals surface area contributed by atoms with Crippen molar-refractivity contribution in [3.05, 3.63) is 29.3 Å². The van der Waals surface area contributed by atoms with Gasteiger partial charge in [0.2, 0.25) is 0 Å². The van der Waals surface area contributed by atoms with Crippen LogP contribution in [0.25, 0.3) is 0 Å². The molecule has 0 spiro atoms. The molecule has 0 atom stereocenters. The van der Waals surface area contributed by atoms with Gasteiger partial charge in [0.25, 0.3) is 0 Å². The van der Waals surface area contributed by atoms with E-state index in [1.165, 1.54) is 13.2 Å². The van der Waals surface area contributed by atoms with Gasteiger partial charge in [-0.15, -0.1) is 0 Å². The number of carboxylic acids is 1. The van der Waals surface area contributed by atoms with Crippen molar-refractivity contribution in [1.82, 2.24) is 0 Å². The Labute approximate surface area is 87.7 Å². The summed E-state index contributed by atoms with van der Waals surface area (Å²) < 4.78 is 5.06. The number of nitrogens with zero attached hydrogens (tertiary/aromatic N) is 1. The summed E-state index contributed by atoms with van der Waals surface area (Å²) in [7, 11) is 1.48. The predicted molar refractivity (Wildman–Crippen MR) is 53.9 cm³/mol. The van der Waals surface area contributed by atoms with Crippen LogP contribution < -0.4 is 4.74 Å². The highest BCUT2D eigenvalue weighted by molar-refractivity contribution is 5.90. The third kappa shape index (κ3) is 2.47. The number of nitriles is 1. The van der Waals surface area contributed by atoms with E-state index < -0.39 is 5.97 Å². The van der Waals surface area contributed by atoms with Gasteiger partial charge in [-0.1, -0.05) is 6.07 Å². The van der Waals surface area contributed by atoms with Gasteiger partial charge in [-0.25, -0.2) is 4.79 Å². The molecule has 4 heteroatoms. The third-order valence-electron chi connectivity index (χ3n) is 2.07. The summed E-state index contributed by atoms with van der Waals surface area (Å²) in [5.41, 5.74) is 0.777. The Morgan fingerprint density at radius 3 is 2.87 bits per heavy atom. The molecule has 0 unspecified atom stereocenters. The number of hydrogen-bond donors (Lipinski definition) is 1. The lowest BCUT2D eigenvalue weighted by Crippen LogP contribution is -2.04. The van der Waals surface area contributed by atoms with Crippen LogP contribution in [-0.2, 0) is 6.42 Å². The normalized spacial score (nSPS) is 9.33. The van der Waals surface area contributed by atoms with E-state index in [9.17, 15) is 4.79 Å². The largest absolute Gasteiger partial charge is 0.496 e. The van der Waals surface area contributed by atoms with Crippen molar-refractivity contribution < 1.29 is 14.6 Å².